The van der Waals surface area contributed by atoms with Crippen molar-refractivity contribution < 1.29 is 9.53 Å². The Labute approximate surface area is 185 Å². The van der Waals surface area contributed by atoms with Gasteiger partial charge in [-0.15, -0.1) is 0 Å². The fraction of sp³-hybridized carbons (Fsp3) is 0.500. The van der Waals surface area contributed by atoms with Crippen LogP contribution in [0.3, 0.4) is 0 Å². The fourth-order valence-electron chi connectivity index (χ4n) is 4.28. The molecule has 0 unspecified atom stereocenters. The third-order valence-corrected chi connectivity index (χ3v) is 6.42. The van der Waals surface area contributed by atoms with E-state index in [0.29, 0.717) is 17.8 Å². The number of pyridine rings is 1. The molecular formula is C24H33N5O2. The predicted molar refractivity (Wildman–Crippen MR) is 124 cm³/mol. The topological polar surface area (TPSA) is 79.2 Å². The molecule has 1 saturated carbocycles. The zero-order valence-corrected chi connectivity index (χ0v) is 19.2. The highest BCUT2D eigenvalue weighted by Gasteiger charge is 2.35. The van der Waals surface area contributed by atoms with Crippen LogP contribution in [0.4, 0.5) is 0 Å². The number of rotatable bonds is 6. The van der Waals surface area contributed by atoms with Crippen LogP contribution in [0, 0.1) is 5.92 Å². The third kappa shape index (κ3) is 5.10. The Hall–Kier alpha value is -2.80. The monoisotopic (exact) mass is 423 g/mol. The molecule has 1 N–H and O–H groups in total. The van der Waals surface area contributed by atoms with Gasteiger partial charge in [0, 0.05) is 43.4 Å². The number of hydrogen-bond acceptors (Lipinski definition) is 6. The minimum absolute atomic E-state index is 0.218. The summed E-state index contributed by atoms with van der Waals surface area (Å²) in [5.74, 6) is 0.587. The van der Waals surface area contributed by atoms with Gasteiger partial charge in [0.15, 0.2) is 11.5 Å². The highest BCUT2D eigenvalue weighted by Crippen LogP contribution is 2.34. The van der Waals surface area contributed by atoms with Crippen molar-refractivity contribution in [3.63, 3.8) is 0 Å². The van der Waals surface area contributed by atoms with E-state index in [1.54, 1.807) is 19.5 Å². The molecule has 0 saturated heterocycles. The highest BCUT2D eigenvalue weighted by molar-refractivity contribution is 6.10. The average Bonchev–Trinajstić information content (AvgIpc) is 2.77. The third-order valence-electron chi connectivity index (χ3n) is 6.42. The second kappa shape index (κ2) is 9.56. The van der Waals surface area contributed by atoms with Gasteiger partial charge in [-0.25, -0.2) is 4.99 Å². The van der Waals surface area contributed by atoms with Crippen LogP contribution >= 0.6 is 0 Å². The summed E-state index contributed by atoms with van der Waals surface area (Å²) in [6.07, 6.45) is 9.83. The van der Waals surface area contributed by atoms with Gasteiger partial charge in [-0.1, -0.05) is 0 Å². The van der Waals surface area contributed by atoms with Crippen molar-refractivity contribution in [1.29, 1.82) is 0 Å². The second-order valence-corrected chi connectivity index (χ2v) is 8.80. The summed E-state index contributed by atoms with van der Waals surface area (Å²) in [6.45, 7) is 9.79. The zero-order valence-electron chi connectivity index (χ0n) is 19.2. The zero-order chi connectivity index (χ0) is 22.6. The van der Waals surface area contributed by atoms with E-state index in [9.17, 15) is 4.79 Å². The van der Waals surface area contributed by atoms with Gasteiger partial charge in [0.1, 0.15) is 0 Å². The van der Waals surface area contributed by atoms with Gasteiger partial charge in [-0.2, -0.15) is 0 Å². The van der Waals surface area contributed by atoms with Crippen molar-refractivity contribution in [2.24, 2.45) is 15.9 Å². The van der Waals surface area contributed by atoms with Gasteiger partial charge in [-0.05, 0) is 77.3 Å². The van der Waals surface area contributed by atoms with Crippen LogP contribution < -0.4 is 5.32 Å². The number of allylic oxidation sites excluding steroid dienone is 2. The lowest BCUT2D eigenvalue weighted by Crippen LogP contribution is -2.51. The molecule has 3 rings (SSSR count). The smallest absolute Gasteiger partial charge is 0.274 e. The van der Waals surface area contributed by atoms with E-state index in [-0.39, 0.29) is 17.1 Å². The molecule has 1 aliphatic heterocycles. The minimum Gasteiger partial charge on any atom is -0.381 e. The van der Waals surface area contributed by atoms with Crippen LogP contribution in [0.2, 0.25) is 0 Å². The van der Waals surface area contributed by atoms with Gasteiger partial charge >= 0.3 is 0 Å². The largest absolute Gasteiger partial charge is 0.381 e. The molecule has 1 aromatic rings. The van der Waals surface area contributed by atoms with Crippen molar-refractivity contribution in [2.75, 3.05) is 14.2 Å². The van der Waals surface area contributed by atoms with Crippen molar-refractivity contribution >= 4 is 18.3 Å². The van der Waals surface area contributed by atoms with E-state index >= 15 is 0 Å². The molecule has 166 valence electrons. The van der Waals surface area contributed by atoms with Gasteiger partial charge in [0.25, 0.3) is 5.91 Å². The number of hydrogen-bond donors (Lipinski definition) is 1. The first-order valence-corrected chi connectivity index (χ1v) is 10.7. The van der Waals surface area contributed by atoms with E-state index in [4.69, 9.17) is 9.73 Å². The highest BCUT2D eigenvalue weighted by atomic mass is 16.5. The molecule has 31 heavy (non-hydrogen) atoms. The summed E-state index contributed by atoms with van der Waals surface area (Å²) in [5.41, 5.74) is 2.42. The fourth-order valence-corrected chi connectivity index (χ4v) is 4.28. The number of nitrogens with one attached hydrogen (secondary N) is 1. The Morgan fingerprint density at radius 1 is 1.32 bits per heavy atom. The molecule has 1 aliphatic carbocycles. The molecule has 2 aliphatic rings. The molecule has 7 heteroatoms. The summed E-state index contributed by atoms with van der Waals surface area (Å²) in [5, 5.41) is 3.20. The lowest BCUT2D eigenvalue weighted by Gasteiger charge is -2.39. The first-order chi connectivity index (χ1) is 14.8. The van der Waals surface area contributed by atoms with Crippen molar-refractivity contribution in [1.82, 2.24) is 15.2 Å². The Morgan fingerprint density at radius 2 is 2.03 bits per heavy atom. The molecule has 1 fully saturated rings. The summed E-state index contributed by atoms with van der Waals surface area (Å²) in [4.78, 5) is 28.2. The van der Waals surface area contributed by atoms with Crippen LogP contribution in [-0.4, -0.2) is 54.0 Å². The van der Waals surface area contributed by atoms with Crippen LogP contribution in [-0.2, 0) is 9.53 Å². The van der Waals surface area contributed by atoms with E-state index < -0.39 is 0 Å². The van der Waals surface area contributed by atoms with Crippen LogP contribution in [0.15, 0.2) is 57.8 Å². The molecule has 0 bridgehead atoms. The molecular weight excluding hydrogens is 390 g/mol. The number of ether oxygens (including phenoxy) is 1. The van der Waals surface area contributed by atoms with Gasteiger partial charge in [0.2, 0.25) is 0 Å². The Morgan fingerprint density at radius 3 is 2.61 bits per heavy atom. The van der Waals surface area contributed by atoms with E-state index in [1.165, 1.54) is 0 Å². The maximum Gasteiger partial charge on any atom is 0.274 e. The quantitative estimate of drug-likeness (QED) is 0.559. The first-order valence-electron chi connectivity index (χ1n) is 10.7. The number of carbonyl (C=O) groups excluding carboxylic acids is 1. The summed E-state index contributed by atoms with van der Waals surface area (Å²) in [6, 6.07) is 3.81. The molecule has 0 spiro atoms. The minimum atomic E-state index is -0.375. The molecule has 1 amide bonds. The van der Waals surface area contributed by atoms with E-state index in [0.717, 1.165) is 42.7 Å². The standard InChI is InChI=1S/C24H33N5O2/c1-16-14-20(17-8-7-13-26-15-17)27-22(29(16)5)21(25-4)23(30)28-24(2,3)18-9-11-19(31-6)12-10-18/h7-8,13-15,18-19H,4,9-12H2,1-3,5-6H3,(H,28,30)/b22-21-. The summed E-state index contributed by atoms with van der Waals surface area (Å²) >= 11 is 0. The van der Waals surface area contributed by atoms with Gasteiger partial charge < -0.3 is 15.0 Å². The summed E-state index contributed by atoms with van der Waals surface area (Å²) in [7, 11) is 3.64. The first kappa shape index (κ1) is 22.9. The Bertz CT molecular complexity index is 909. The number of aromatic nitrogens is 1. The van der Waals surface area contributed by atoms with Gasteiger partial charge in [0.05, 0.1) is 11.8 Å². The maximum absolute atomic E-state index is 13.3. The molecule has 2 heterocycles. The maximum atomic E-state index is 13.3. The molecule has 7 nitrogen and oxygen atoms in total. The van der Waals surface area contributed by atoms with Crippen LogP contribution in [0.25, 0.3) is 0 Å². The van der Waals surface area contributed by atoms with Gasteiger partial charge in [-0.3, -0.25) is 14.8 Å². The van der Waals surface area contributed by atoms with Crippen molar-refractivity contribution in [2.45, 2.75) is 58.1 Å². The summed E-state index contributed by atoms with van der Waals surface area (Å²) < 4.78 is 5.49. The predicted octanol–water partition coefficient (Wildman–Crippen LogP) is 3.69. The van der Waals surface area contributed by atoms with Crippen LogP contribution in [0.5, 0.6) is 0 Å². The lowest BCUT2D eigenvalue weighted by atomic mass is 9.75. The molecule has 1 aromatic heterocycles. The molecule has 0 atom stereocenters. The van der Waals surface area contributed by atoms with E-state index in [1.807, 2.05) is 37.1 Å². The number of methoxy groups -OCH3 is 1. The number of carbonyl (C=O) groups is 1. The van der Waals surface area contributed by atoms with Crippen molar-refractivity contribution in [3.05, 3.63) is 53.4 Å². The number of amides is 1. The normalized spacial score (nSPS) is 23.6. The Kier molecular flexibility index (Phi) is 7.05. The van der Waals surface area contributed by atoms with Crippen molar-refractivity contribution in [3.8, 4) is 0 Å². The molecule has 0 aromatic carbocycles. The van der Waals surface area contributed by atoms with Crippen LogP contribution in [0.1, 0.15) is 52.0 Å². The lowest BCUT2D eigenvalue weighted by molar-refractivity contribution is -0.120. The SMILES string of the molecule is C=N/C(C(=O)NC(C)(C)C1CCC(OC)CC1)=C1/N=C(c2cccnc2)C=C(C)N1C. The number of nitrogens with zero attached hydrogens (tertiary/aromatic N) is 4. The van der Waals surface area contributed by atoms with E-state index in [2.05, 4.69) is 35.9 Å². The number of aliphatic imine (C=N–C) groups is 2. The second-order valence-electron chi connectivity index (χ2n) is 8.80. The Balaban J connectivity index is 1.86. The average molecular weight is 424 g/mol. The molecule has 0 radical (unpaired) electrons.